The maximum Gasteiger partial charge on any atom is 0.154 e. The van der Waals surface area contributed by atoms with E-state index in [9.17, 15) is 0 Å². The van der Waals surface area contributed by atoms with Crippen molar-refractivity contribution in [1.29, 1.82) is 0 Å². The molecule has 0 atom stereocenters. The number of allylic oxidation sites excluding steroid dienone is 1. The Balaban J connectivity index is 2.52. The summed E-state index contributed by atoms with van der Waals surface area (Å²) in [6, 6.07) is 0. The van der Waals surface area contributed by atoms with Crippen LogP contribution in [0.4, 0.5) is 5.82 Å². The minimum atomic E-state index is 0.835. The molecule has 80 valence electrons. The third-order valence-electron chi connectivity index (χ3n) is 2.67. The van der Waals surface area contributed by atoms with Crippen LogP contribution in [-0.4, -0.2) is 24.1 Å². The van der Waals surface area contributed by atoms with Crippen LogP contribution in [0.5, 0.6) is 0 Å². The number of fused-ring (bicyclic) bond motifs is 1. The van der Waals surface area contributed by atoms with Crippen molar-refractivity contribution >= 4 is 11.9 Å². The van der Waals surface area contributed by atoms with Gasteiger partial charge in [-0.05, 0) is 32.3 Å². The van der Waals surface area contributed by atoms with E-state index in [1.807, 2.05) is 33.2 Å². The zero-order valence-electron chi connectivity index (χ0n) is 9.62. The molecule has 3 heteroatoms. The van der Waals surface area contributed by atoms with Gasteiger partial charge in [-0.25, -0.2) is 9.97 Å². The molecule has 1 aromatic rings. The quantitative estimate of drug-likeness (QED) is 0.736. The van der Waals surface area contributed by atoms with Crippen LogP contribution >= 0.6 is 0 Å². The lowest BCUT2D eigenvalue weighted by Gasteiger charge is -2.15. The first-order chi connectivity index (χ1) is 7.22. The lowest BCUT2D eigenvalue weighted by molar-refractivity contribution is 0.898. The molecular formula is C12H17N3. The van der Waals surface area contributed by atoms with Crippen LogP contribution in [0.1, 0.15) is 30.4 Å². The maximum atomic E-state index is 4.56. The first-order valence-electron chi connectivity index (χ1n) is 5.42. The average molecular weight is 203 g/mol. The molecule has 1 aromatic heterocycles. The molecule has 0 N–H and O–H groups in total. The largest absolute Gasteiger partial charge is 0.362 e. The van der Waals surface area contributed by atoms with Gasteiger partial charge >= 0.3 is 0 Å². The highest BCUT2D eigenvalue weighted by Gasteiger charge is 2.19. The fraction of sp³-hybridized carbons (Fsp3) is 0.500. The molecule has 0 unspecified atom stereocenters. The summed E-state index contributed by atoms with van der Waals surface area (Å²) in [5.74, 6) is 1.92. The number of aromatic nitrogens is 2. The molecule has 0 radical (unpaired) electrons. The minimum absolute atomic E-state index is 0.835. The Morgan fingerprint density at radius 3 is 2.67 bits per heavy atom. The third kappa shape index (κ3) is 1.87. The third-order valence-corrected chi connectivity index (χ3v) is 2.67. The monoisotopic (exact) mass is 203 g/mol. The highest BCUT2D eigenvalue weighted by atomic mass is 15.2. The number of hydrogen-bond donors (Lipinski definition) is 0. The van der Waals surface area contributed by atoms with Gasteiger partial charge in [-0.3, -0.25) is 0 Å². The van der Waals surface area contributed by atoms with E-state index in [2.05, 4.69) is 14.9 Å². The Bertz CT molecular complexity index is 394. The van der Waals surface area contributed by atoms with Gasteiger partial charge in [0.2, 0.25) is 0 Å². The van der Waals surface area contributed by atoms with E-state index in [0.29, 0.717) is 0 Å². The molecule has 0 bridgehead atoms. The van der Waals surface area contributed by atoms with E-state index in [0.717, 1.165) is 24.5 Å². The highest BCUT2D eigenvalue weighted by molar-refractivity contribution is 5.54. The van der Waals surface area contributed by atoms with Crippen LogP contribution < -0.4 is 4.90 Å². The summed E-state index contributed by atoms with van der Waals surface area (Å²) in [6.45, 7) is 1.99. The van der Waals surface area contributed by atoms with E-state index in [1.54, 1.807) is 0 Å². The zero-order chi connectivity index (χ0) is 10.8. The van der Waals surface area contributed by atoms with Crippen molar-refractivity contribution in [1.82, 2.24) is 9.97 Å². The molecule has 0 fully saturated rings. The van der Waals surface area contributed by atoms with Gasteiger partial charge in [-0.15, -0.1) is 0 Å². The fourth-order valence-electron chi connectivity index (χ4n) is 2.02. The zero-order valence-corrected chi connectivity index (χ0v) is 9.62. The second-order valence-electron chi connectivity index (χ2n) is 4.08. The summed E-state index contributed by atoms with van der Waals surface area (Å²) < 4.78 is 0. The van der Waals surface area contributed by atoms with E-state index in [-0.39, 0.29) is 0 Å². The molecule has 3 nitrogen and oxygen atoms in total. The van der Waals surface area contributed by atoms with Crippen LogP contribution in [0, 0.1) is 0 Å². The van der Waals surface area contributed by atoms with Crippen molar-refractivity contribution in [2.45, 2.75) is 26.2 Å². The second-order valence-corrected chi connectivity index (χ2v) is 4.08. The summed E-state index contributed by atoms with van der Waals surface area (Å²) in [4.78, 5) is 11.2. The maximum absolute atomic E-state index is 4.56. The molecule has 15 heavy (non-hydrogen) atoms. The first-order valence-corrected chi connectivity index (χ1v) is 5.42. The normalized spacial score (nSPS) is 14.6. The van der Waals surface area contributed by atoms with Gasteiger partial charge in [0.05, 0.1) is 0 Å². The van der Waals surface area contributed by atoms with Gasteiger partial charge in [0.25, 0.3) is 0 Å². The van der Waals surface area contributed by atoms with Gasteiger partial charge in [0.15, 0.2) is 5.82 Å². The number of rotatable bonds is 2. The predicted molar refractivity (Wildman–Crippen MR) is 63.1 cm³/mol. The van der Waals surface area contributed by atoms with Gasteiger partial charge < -0.3 is 4.90 Å². The van der Waals surface area contributed by atoms with Crippen LogP contribution in [0.2, 0.25) is 0 Å². The fourth-order valence-corrected chi connectivity index (χ4v) is 2.02. The van der Waals surface area contributed by atoms with Crippen LogP contribution in [-0.2, 0) is 12.8 Å². The SMILES string of the molecule is CC=Cc1nc2c(c(N(C)C)n1)CCC2. The van der Waals surface area contributed by atoms with E-state index in [1.165, 1.54) is 17.7 Å². The Hall–Kier alpha value is -1.38. The van der Waals surface area contributed by atoms with Crippen molar-refractivity contribution in [3.05, 3.63) is 23.2 Å². The number of anilines is 1. The molecule has 0 amide bonds. The second kappa shape index (κ2) is 4.01. The molecule has 0 saturated carbocycles. The molecular weight excluding hydrogens is 186 g/mol. The Morgan fingerprint density at radius 2 is 2.00 bits per heavy atom. The smallest absolute Gasteiger partial charge is 0.154 e. The van der Waals surface area contributed by atoms with Crippen LogP contribution in [0.25, 0.3) is 6.08 Å². The Kier molecular flexibility index (Phi) is 2.71. The lowest BCUT2D eigenvalue weighted by Crippen LogP contribution is -2.15. The number of aryl methyl sites for hydroxylation is 1. The molecule has 0 spiro atoms. The predicted octanol–water partition coefficient (Wildman–Crippen LogP) is 2.06. The van der Waals surface area contributed by atoms with Gasteiger partial charge in [0.1, 0.15) is 5.82 Å². The summed E-state index contributed by atoms with van der Waals surface area (Å²) in [5.41, 5.74) is 2.58. The average Bonchev–Trinajstić information content (AvgIpc) is 2.64. The number of nitrogens with zero attached hydrogens (tertiary/aromatic N) is 3. The van der Waals surface area contributed by atoms with E-state index < -0.39 is 0 Å². The van der Waals surface area contributed by atoms with E-state index >= 15 is 0 Å². The van der Waals surface area contributed by atoms with Gasteiger partial charge in [0, 0.05) is 25.4 Å². The van der Waals surface area contributed by atoms with Crippen molar-refractivity contribution in [3.8, 4) is 0 Å². The minimum Gasteiger partial charge on any atom is -0.362 e. The Labute approximate surface area is 90.9 Å². The Morgan fingerprint density at radius 1 is 1.20 bits per heavy atom. The molecule has 2 rings (SSSR count). The van der Waals surface area contributed by atoms with Crippen molar-refractivity contribution in [2.24, 2.45) is 0 Å². The summed E-state index contributed by atoms with van der Waals surface area (Å²) in [7, 11) is 4.08. The molecule has 1 heterocycles. The van der Waals surface area contributed by atoms with Crippen molar-refractivity contribution < 1.29 is 0 Å². The molecule has 1 aliphatic rings. The van der Waals surface area contributed by atoms with E-state index in [4.69, 9.17) is 0 Å². The van der Waals surface area contributed by atoms with Crippen molar-refractivity contribution in [2.75, 3.05) is 19.0 Å². The van der Waals surface area contributed by atoms with Crippen LogP contribution in [0.3, 0.4) is 0 Å². The molecule has 0 saturated heterocycles. The molecule has 0 aromatic carbocycles. The van der Waals surface area contributed by atoms with Gasteiger partial charge in [-0.1, -0.05) is 6.08 Å². The summed E-state index contributed by atoms with van der Waals surface area (Å²) in [6.07, 6.45) is 7.38. The van der Waals surface area contributed by atoms with Crippen molar-refractivity contribution in [3.63, 3.8) is 0 Å². The highest BCUT2D eigenvalue weighted by Crippen LogP contribution is 2.27. The van der Waals surface area contributed by atoms with Gasteiger partial charge in [-0.2, -0.15) is 0 Å². The lowest BCUT2D eigenvalue weighted by atomic mass is 10.2. The molecule has 1 aliphatic carbocycles. The van der Waals surface area contributed by atoms with Crippen LogP contribution in [0.15, 0.2) is 6.08 Å². The standard InChI is InChI=1S/C12H17N3/c1-4-6-11-13-10-8-5-7-9(10)12(14-11)15(2)3/h4,6H,5,7-8H2,1-3H3. The number of hydrogen-bond acceptors (Lipinski definition) is 3. The summed E-state index contributed by atoms with van der Waals surface area (Å²) in [5, 5.41) is 0. The first kappa shape index (κ1) is 10.1. The topological polar surface area (TPSA) is 29.0 Å². The summed E-state index contributed by atoms with van der Waals surface area (Å²) >= 11 is 0. The molecule has 0 aliphatic heterocycles.